The molecule has 0 fully saturated rings. The summed E-state index contributed by atoms with van der Waals surface area (Å²) >= 11 is 5.88. The normalized spacial score (nSPS) is 13.6. The summed E-state index contributed by atoms with van der Waals surface area (Å²) in [5.74, 6) is -2.59. The fourth-order valence-electron chi connectivity index (χ4n) is 1.82. The van der Waals surface area contributed by atoms with E-state index in [9.17, 15) is 40.0 Å². The summed E-state index contributed by atoms with van der Waals surface area (Å²) in [5.41, 5.74) is 0.222. The molecule has 0 spiro atoms. The van der Waals surface area contributed by atoms with Gasteiger partial charge in [0.15, 0.2) is 0 Å². The second kappa shape index (κ2) is 10.7. The minimum absolute atomic E-state index is 0.222. The molecule has 0 saturated carbocycles. The van der Waals surface area contributed by atoms with Crippen molar-refractivity contribution in [1.29, 1.82) is 0 Å². The molecule has 16 heteroatoms. The molecule has 170 valence electrons. The van der Waals surface area contributed by atoms with Crippen molar-refractivity contribution in [3.63, 3.8) is 0 Å². The quantitative estimate of drug-likeness (QED) is 0.104. The SMILES string of the molecule is O=C(CCCOC(=O)c1cc(I)cc(I)c1I)OC(C(F)(F)F)C(F)(F)S(=O)(=O)O. The average molecular weight is 798 g/mol. The number of hydrogen-bond donors (Lipinski definition) is 1. The van der Waals surface area contributed by atoms with Crippen LogP contribution < -0.4 is 0 Å². The van der Waals surface area contributed by atoms with Crippen LogP contribution in [0.15, 0.2) is 12.1 Å². The molecule has 30 heavy (non-hydrogen) atoms. The zero-order valence-corrected chi connectivity index (χ0v) is 21.5. The first-order valence-electron chi connectivity index (χ1n) is 7.41. The molecule has 1 aromatic carbocycles. The molecule has 1 N–H and O–H groups in total. The van der Waals surface area contributed by atoms with E-state index >= 15 is 0 Å². The van der Waals surface area contributed by atoms with Crippen LogP contribution in [0.5, 0.6) is 0 Å². The van der Waals surface area contributed by atoms with Gasteiger partial charge in [0.2, 0.25) is 0 Å². The van der Waals surface area contributed by atoms with Crippen molar-refractivity contribution in [2.45, 2.75) is 30.4 Å². The smallest absolute Gasteiger partial charge is 0.432 e. The fourth-order valence-corrected chi connectivity index (χ4v) is 4.64. The van der Waals surface area contributed by atoms with Crippen LogP contribution in [0.3, 0.4) is 0 Å². The summed E-state index contributed by atoms with van der Waals surface area (Å²) < 4.78 is 105. The highest BCUT2D eigenvalue weighted by Crippen LogP contribution is 2.38. The maximum Gasteiger partial charge on any atom is 0.432 e. The summed E-state index contributed by atoms with van der Waals surface area (Å²) in [6.45, 7) is -0.447. The second-order valence-corrected chi connectivity index (χ2v) is 10.4. The van der Waals surface area contributed by atoms with Crippen molar-refractivity contribution < 1.29 is 54.0 Å². The number of alkyl halides is 5. The summed E-state index contributed by atoms with van der Waals surface area (Å²) in [4.78, 5) is 23.5. The molecule has 0 radical (unpaired) electrons. The van der Waals surface area contributed by atoms with Gasteiger partial charge in [-0.15, -0.1) is 0 Å². The highest BCUT2D eigenvalue weighted by Gasteiger charge is 2.65. The first kappa shape index (κ1) is 27.9. The average Bonchev–Trinajstić information content (AvgIpc) is 2.57. The van der Waals surface area contributed by atoms with E-state index in [-0.39, 0.29) is 12.0 Å². The molecule has 0 aliphatic rings. The number of carbonyl (C=O) groups is 2. The van der Waals surface area contributed by atoms with Crippen LogP contribution in [0.1, 0.15) is 23.2 Å². The molecule has 0 saturated heterocycles. The van der Waals surface area contributed by atoms with Gasteiger partial charge in [0.25, 0.3) is 6.10 Å². The highest BCUT2D eigenvalue weighted by atomic mass is 127. The first-order valence-corrected chi connectivity index (χ1v) is 12.1. The number of hydrogen-bond acceptors (Lipinski definition) is 6. The van der Waals surface area contributed by atoms with E-state index in [1.807, 2.05) is 67.8 Å². The van der Waals surface area contributed by atoms with E-state index in [2.05, 4.69) is 4.74 Å². The molecule has 0 bridgehead atoms. The second-order valence-electron chi connectivity index (χ2n) is 5.44. The molecule has 0 aliphatic heterocycles. The van der Waals surface area contributed by atoms with Gasteiger partial charge >= 0.3 is 33.5 Å². The van der Waals surface area contributed by atoms with Crippen LogP contribution in [-0.4, -0.2) is 49.1 Å². The van der Waals surface area contributed by atoms with Crippen molar-refractivity contribution in [2.24, 2.45) is 0 Å². The van der Waals surface area contributed by atoms with Gasteiger partial charge < -0.3 is 9.47 Å². The predicted molar refractivity (Wildman–Crippen MR) is 117 cm³/mol. The van der Waals surface area contributed by atoms with Gasteiger partial charge in [0, 0.05) is 17.1 Å². The first-order chi connectivity index (χ1) is 13.5. The maximum absolute atomic E-state index is 13.3. The fraction of sp³-hybridized carbons (Fsp3) is 0.429. The third-order valence-electron chi connectivity index (χ3n) is 3.17. The lowest BCUT2D eigenvalue weighted by Crippen LogP contribution is -2.52. The topological polar surface area (TPSA) is 107 Å². The van der Waals surface area contributed by atoms with Gasteiger partial charge in [-0.05, 0) is 86.3 Å². The highest BCUT2D eigenvalue weighted by molar-refractivity contribution is 14.1. The van der Waals surface area contributed by atoms with E-state index < -0.39 is 52.6 Å². The van der Waals surface area contributed by atoms with Crippen LogP contribution in [0.25, 0.3) is 0 Å². The number of carbonyl (C=O) groups excluding carboxylic acids is 2. The molecule has 0 aromatic heterocycles. The zero-order chi connectivity index (χ0) is 23.5. The van der Waals surface area contributed by atoms with Gasteiger partial charge in [0.1, 0.15) is 0 Å². The molecule has 1 aromatic rings. The van der Waals surface area contributed by atoms with Crippen molar-refractivity contribution in [3.05, 3.63) is 28.4 Å². The zero-order valence-electron chi connectivity index (χ0n) is 14.2. The Morgan fingerprint density at radius 1 is 1.10 bits per heavy atom. The molecule has 1 unspecified atom stereocenters. The Morgan fingerprint density at radius 3 is 2.17 bits per heavy atom. The lowest BCUT2D eigenvalue weighted by Gasteiger charge is -2.26. The van der Waals surface area contributed by atoms with Crippen LogP contribution >= 0.6 is 67.8 Å². The molecular formula is C14H10F5I3O7S. The Bertz CT molecular complexity index is 921. The Labute approximate surface area is 207 Å². The Morgan fingerprint density at radius 2 is 1.67 bits per heavy atom. The Kier molecular flexibility index (Phi) is 9.95. The van der Waals surface area contributed by atoms with Crippen molar-refractivity contribution in [3.8, 4) is 0 Å². The van der Waals surface area contributed by atoms with Crippen LogP contribution in [0, 0.1) is 10.7 Å². The van der Waals surface area contributed by atoms with Crippen molar-refractivity contribution in [1.82, 2.24) is 0 Å². The molecule has 0 heterocycles. The molecule has 7 nitrogen and oxygen atoms in total. The van der Waals surface area contributed by atoms with Gasteiger partial charge in [-0.3, -0.25) is 9.35 Å². The summed E-state index contributed by atoms with van der Waals surface area (Å²) in [6, 6.07) is 3.33. The number of esters is 2. The van der Waals surface area contributed by atoms with Crippen molar-refractivity contribution in [2.75, 3.05) is 6.61 Å². The van der Waals surface area contributed by atoms with E-state index in [1.54, 1.807) is 6.07 Å². The molecule has 1 rings (SSSR count). The number of halogens is 8. The van der Waals surface area contributed by atoms with Gasteiger partial charge in [-0.25, -0.2) is 4.79 Å². The molecule has 0 aliphatic carbocycles. The monoisotopic (exact) mass is 798 g/mol. The van der Waals surface area contributed by atoms with Crippen LogP contribution in [0.2, 0.25) is 0 Å². The number of ether oxygens (including phenoxy) is 2. The summed E-state index contributed by atoms with van der Waals surface area (Å²) in [6.07, 6.45) is -11.6. The largest absolute Gasteiger partial charge is 0.462 e. The predicted octanol–water partition coefficient (Wildman–Crippen LogP) is 4.39. The summed E-state index contributed by atoms with van der Waals surface area (Å²) in [5, 5.41) is -5.80. The van der Waals surface area contributed by atoms with Crippen molar-refractivity contribution >= 4 is 89.8 Å². The van der Waals surface area contributed by atoms with E-state index in [1.165, 1.54) is 6.07 Å². The number of rotatable bonds is 8. The molecular weight excluding hydrogens is 788 g/mol. The standard InChI is InChI=1S/C14H10F5I3O7S/c15-13(16,17)12(14(18,19)30(25,26)27)29-9(23)2-1-3-28-11(24)7-4-6(20)5-8(21)10(7)22/h4-5,12H,1-3H2,(H,25,26,27). The lowest BCUT2D eigenvalue weighted by atomic mass is 10.2. The third kappa shape index (κ3) is 7.50. The minimum atomic E-state index is -6.51. The van der Waals surface area contributed by atoms with Gasteiger partial charge in [-0.2, -0.15) is 30.4 Å². The minimum Gasteiger partial charge on any atom is -0.462 e. The van der Waals surface area contributed by atoms with Crippen LogP contribution in [0.4, 0.5) is 22.0 Å². The van der Waals surface area contributed by atoms with Gasteiger partial charge in [-0.1, -0.05) is 0 Å². The Hall–Kier alpha value is -0.0900. The lowest BCUT2D eigenvalue weighted by molar-refractivity contribution is -0.259. The van der Waals surface area contributed by atoms with Gasteiger partial charge in [0.05, 0.1) is 12.2 Å². The molecule has 0 amide bonds. The summed E-state index contributed by atoms with van der Waals surface area (Å²) in [7, 11) is -6.51. The maximum atomic E-state index is 13.3. The Balaban J connectivity index is 2.69. The van der Waals surface area contributed by atoms with E-state index in [4.69, 9.17) is 9.29 Å². The number of benzene rings is 1. The van der Waals surface area contributed by atoms with Crippen LogP contribution in [-0.2, 0) is 24.4 Å². The molecule has 1 atom stereocenters. The van der Waals surface area contributed by atoms with E-state index in [0.29, 0.717) is 3.57 Å². The van der Waals surface area contributed by atoms with E-state index in [0.717, 1.165) is 7.14 Å². The third-order valence-corrected chi connectivity index (χ3v) is 7.74.